The van der Waals surface area contributed by atoms with Gasteiger partial charge in [-0.15, -0.1) is 0 Å². The summed E-state index contributed by atoms with van der Waals surface area (Å²) >= 11 is 0. The second-order valence-corrected chi connectivity index (χ2v) is 8.40. The Hall–Kier alpha value is -2.34. The molecule has 1 aromatic carbocycles. The lowest BCUT2D eigenvalue weighted by atomic mass is 9.93. The summed E-state index contributed by atoms with van der Waals surface area (Å²) < 4.78 is 0. The van der Waals surface area contributed by atoms with Gasteiger partial charge >= 0.3 is 6.03 Å². The first kappa shape index (κ1) is 19.0. The van der Waals surface area contributed by atoms with Gasteiger partial charge in [-0.3, -0.25) is 9.69 Å². The van der Waals surface area contributed by atoms with Crippen molar-refractivity contribution in [2.75, 3.05) is 39.8 Å². The zero-order valence-electron chi connectivity index (χ0n) is 17.1. The Kier molecular flexibility index (Phi) is 5.15. The Morgan fingerprint density at radius 1 is 1.07 bits per heavy atom. The van der Waals surface area contributed by atoms with Crippen molar-refractivity contribution in [3.05, 3.63) is 46.7 Å². The molecule has 0 aromatic heterocycles. The van der Waals surface area contributed by atoms with E-state index in [2.05, 4.69) is 36.2 Å². The molecule has 1 N–H and O–H groups in total. The molecule has 0 spiro atoms. The molecule has 0 radical (unpaired) electrons. The van der Waals surface area contributed by atoms with E-state index < -0.39 is 0 Å². The van der Waals surface area contributed by atoms with Crippen LogP contribution < -0.4 is 5.32 Å². The normalized spacial score (nSPS) is 23.1. The van der Waals surface area contributed by atoms with Gasteiger partial charge in [0.25, 0.3) is 5.91 Å². The molecule has 1 unspecified atom stereocenters. The van der Waals surface area contributed by atoms with Crippen LogP contribution in [0.4, 0.5) is 4.79 Å². The lowest BCUT2D eigenvalue weighted by molar-refractivity contribution is -0.126. The van der Waals surface area contributed by atoms with Gasteiger partial charge in [-0.1, -0.05) is 38.1 Å². The number of likely N-dealkylation sites (N-methyl/N-ethyl adjacent to an activating group) is 1. The number of hydrogen-bond acceptors (Lipinski definition) is 3. The lowest BCUT2D eigenvalue weighted by Gasteiger charge is -2.31. The third-order valence-electron chi connectivity index (χ3n) is 6.26. The molecule has 3 heterocycles. The topological polar surface area (TPSA) is 55.9 Å². The van der Waals surface area contributed by atoms with E-state index in [0.717, 1.165) is 36.5 Å². The van der Waals surface area contributed by atoms with Crippen molar-refractivity contribution in [1.82, 2.24) is 20.0 Å². The minimum atomic E-state index is -0.371. The van der Waals surface area contributed by atoms with Crippen molar-refractivity contribution in [3.8, 4) is 0 Å². The molecule has 3 aliphatic heterocycles. The first-order valence-electron chi connectivity index (χ1n) is 10.3. The molecule has 3 amide bonds. The zero-order valence-corrected chi connectivity index (χ0v) is 17.1. The maximum atomic E-state index is 13.2. The van der Waals surface area contributed by atoms with Gasteiger partial charge in [0.1, 0.15) is 0 Å². The standard InChI is InChI=1S/C22H30N4O2/c1-15(2)16-6-8-17(9-7-16)20-19-18(24(3)22(28)23-20)14-26(21(19)27)13-12-25-10-4-5-11-25/h6-9,15,20H,4-5,10-14H2,1-3H3,(H,23,28). The maximum absolute atomic E-state index is 13.2. The molecule has 1 fully saturated rings. The summed E-state index contributed by atoms with van der Waals surface area (Å²) in [6.07, 6.45) is 2.50. The summed E-state index contributed by atoms with van der Waals surface area (Å²) in [5.74, 6) is 0.504. The molecule has 1 atom stereocenters. The van der Waals surface area contributed by atoms with Crippen LogP contribution in [0.25, 0.3) is 0 Å². The molecular formula is C22H30N4O2. The van der Waals surface area contributed by atoms with Crippen molar-refractivity contribution in [2.24, 2.45) is 0 Å². The van der Waals surface area contributed by atoms with Gasteiger partial charge in [-0.2, -0.15) is 0 Å². The second kappa shape index (κ2) is 7.59. The van der Waals surface area contributed by atoms with Crippen LogP contribution in [-0.2, 0) is 4.79 Å². The Balaban J connectivity index is 1.56. The third-order valence-corrected chi connectivity index (χ3v) is 6.26. The molecule has 150 valence electrons. The van der Waals surface area contributed by atoms with Crippen molar-refractivity contribution >= 4 is 11.9 Å². The van der Waals surface area contributed by atoms with E-state index in [1.165, 1.54) is 18.4 Å². The minimum Gasteiger partial charge on any atom is -0.332 e. The van der Waals surface area contributed by atoms with Gasteiger partial charge in [0.15, 0.2) is 0 Å². The van der Waals surface area contributed by atoms with Gasteiger partial charge in [-0.05, 0) is 43.0 Å². The molecule has 28 heavy (non-hydrogen) atoms. The highest BCUT2D eigenvalue weighted by molar-refractivity contribution is 6.01. The van der Waals surface area contributed by atoms with E-state index in [0.29, 0.717) is 19.0 Å². The fourth-order valence-electron chi connectivity index (χ4n) is 4.40. The predicted molar refractivity (Wildman–Crippen MR) is 109 cm³/mol. The van der Waals surface area contributed by atoms with Crippen molar-refractivity contribution in [2.45, 2.75) is 38.6 Å². The molecule has 1 aromatic rings. The summed E-state index contributed by atoms with van der Waals surface area (Å²) in [5, 5.41) is 3.02. The summed E-state index contributed by atoms with van der Waals surface area (Å²) in [5.41, 5.74) is 3.78. The summed E-state index contributed by atoms with van der Waals surface area (Å²) in [6, 6.07) is 7.74. The quantitative estimate of drug-likeness (QED) is 0.852. The second-order valence-electron chi connectivity index (χ2n) is 8.40. The average molecular weight is 383 g/mol. The van der Waals surface area contributed by atoms with E-state index in [1.807, 2.05) is 17.0 Å². The molecule has 6 heteroatoms. The molecule has 0 saturated carbocycles. The lowest BCUT2D eigenvalue weighted by Crippen LogP contribution is -2.45. The molecule has 6 nitrogen and oxygen atoms in total. The number of benzene rings is 1. The highest BCUT2D eigenvalue weighted by Crippen LogP contribution is 2.36. The number of urea groups is 1. The van der Waals surface area contributed by atoms with Crippen LogP contribution in [0.1, 0.15) is 49.8 Å². The van der Waals surface area contributed by atoms with E-state index in [9.17, 15) is 9.59 Å². The summed E-state index contributed by atoms with van der Waals surface area (Å²) in [6.45, 7) is 8.71. The molecule has 4 rings (SSSR count). The van der Waals surface area contributed by atoms with Gasteiger partial charge < -0.3 is 15.1 Å². The Bertz CT molecular complexity index is 793. The Morgan fingerprint density at radius 2 is 1.75 bits per heavy atom. The Labute approximate surface area is 167 Å². The number of likely N-dealkylation sites (tertiary alicyclic amines) is 1. The molecule has 0 aliphatic carbocycles. The smallest absolute Gasteiger partial charge is 0.322 e. The van der Waals surface area contributed by atoms with Crippen LogP contribution in [0.3, 0.4) is 0 Å². The average Bonchev–Trinajstić information content (AvgIpc) is 3.31. The number of rotatable bonds is 5. The molecular weight excluding hydrogens is 352 g/mol. The number of nitrogens with one attached hydrogen (secondary N) is 1. The first-order chi connectivity index (χ1) is 13.5. The van der Waals surface area contributed by atoms with Gasteiger partial charge in [-0.25, -0.2) is 4.79 Å². The molecule has 3 aliphatic rings. The monoisotopic (exact) mass is 382 g/mol. The van der Waals surface area contributed by atoms with Crippen LogP contribution in [0.5, 0.6) is 0 Å². The predicted octanol–water partition coefficient (Wildman–Crippen LogP) is 2.70. The van der Waals surface area contributed by atoms with Crippen LogP contribution >= 0.6 is 0 Å². The Morgan fingerprint density at radius 3 is 2.39 bits per heavy atom. The van der Waals surface area contributed by atoms with Gasteiger partial charge in [0.05, 0.1) is 23.9 Å². The highest BCUT2D eigenvalue weighted by Gasteiger charge is 2.42. The van der Waals surface area contributed by atoms with E-state index >= 15 is 0 Å². The van der Waals surface area contributed by atoms with E-state index in [4.69, 9.17) is 0 Å². The number of amides is 3. The van der Waals surface area contributed by atoms with Gasteiger partial charge in [0.2, 0.25) is 0 Å². The van der Waals surface area contributed by atoms with Crippen molar-refractivity contribution in [3.63, 3.8) is 0 Å². The van der Waals surface area contributed by atoms with Gasteiger partial charge in [0, 0.05) is 20.1 Å². The first-order valence-corrected chi connectivity index (χ1v) is 10.3. The SMILES string of the molecule is CC(C)c1ccc(C2NC(=O)N(C)C3=C2C(=O)N(CCN2CCCC2)C3)cc1. The van der Waals surface area contributed by atoms with Crippen LogP contribution in [-0.4, -0.2) is 66.4 Å². The van der Waals surface area contributed by atoms with E-state index in [-0.39, 0.29) is 18.0 Å². The fraction of sp³-hybridized carbons (Fsp3) is 0.545. The van der Waals surface area contributed by atoms with Crippen molar-refractivity contribution in [1.29, 1.82) is 0 Å². The van der Waals surface area contributed by atoms with E-state index in [1.54, 1.807) is 11.9 Å². The number of nitrogens with zero attached hydrogens (tertiary/aromatic N) is 3. The summed E-state index contributed by atoms with van der Waals surface area (Å²) in [4.78, 5) is 31.7. The maximum Gasteiger partial charge on any atom is 0.322 e. The number of carbonyl (C=O) groups is 2. The summed E-state index contributed by atoms with van der Waals surface area (Å²) in [7, 11) is 1.75. The number of carbonyl (C=O) groups excluding carboxylic acids is 2. The van der Waals surface area contributed by atoms with Crippen molar-refractivity contribution < 1.29 is 9.59 Å². The zero-order chi connectivity index (χ0) is 19.8. The molecule has 1 saturated heterocycles. The highest BCUT2D eigenvalue weighted by atomic mass is 16.2. The number of hydrogen-bond donors (Lipinski definition) is 1. The van der Waals surface area contributed by atoms with Crippen LogP contribution in [0.15, 0.2) is 35.5 Å². The molecule has 0 bridgehead atoms. The van der Waals surface area contributed by atoms with Crippen LogP contribution in [0, 0.1) is 0 Å². The largest absolute Gasteiger partial charge is 0.332 e. The fourth-order valence-corrected chi connectivity index (χ4v) is 4.40. The minimum absolute atomic E-state index is 0.0546. The van der Waals surface area contributed by atoms with Crippen LogP contribution in [0.2, 0.25) is 0 Å². The third kappa shape index (κ3) is 3.41.